The number of nitrogens with zero attached hydrogens (tertiary/aromatic N) is 1. The second kappa shape index (κ2) is 8.14. The molecule has 0 saturated carbocycles. The van der Waals surface area contributed by atoms with Crippen LogP contribution in [0.3, 0.4) is 0 Å². The number of methoxy groups -OCH3 is 1. The van der Waals surface area contributed by atoms with E-state index in [1.54, 1.807) is 6.07 Å². The van der Waals surface area contributed by atoms with Crippen molar-refractivity contribution in [1.29, 1.82) is 5.26 Å². The minimum absolute atomic E-state index is 0.144. The first kappa shape index (κ1) is 17.6. The molecule has 118 valence electrons. The van der Waals surface area contributed by atoms with Gasteiger partial charge in [0.2, 0.25) is 0 Å². The van der Waals surface area contributed by atoms with Crippen LogP contribution in [-0.2, 0) is 19.6 Å². The molecule has 8 nitrogen and oxygen atoms in total. The van der Waals surface area contributed by atoms with Crippen LogP contribution in [0.1, 0.15) is 0 Å². The Morgan fingerprint density at radius 3 is 2.55 bits per heavy atom. The predicted molar refractivity (Wildman–Crippen MR) is 78.5 cm³/mol. The summed E-state index contributed by atoms with van der Waals surface area (Å²) in [6.45, 7) is 0.867. The second-order valence-electron chi connectivity index (χ2n) is 4.07. The first-order chi connectivity index (χ1) is 10.4. The average molecular weight is 325 g/mol. The van der Waals surface area contributed by atoms with E-state index in [2.05, 4.69) is 10.6 Å². The normalized spacial score (nSPS) is 11.6. The van der Waals surface area contributed by atoms with E-state index in [9.17, 15) is 13.2 Å². The van der Waals surface area contributed by atoms with Crippen molar-refractivity contribution in [2.24, 2.45) is 0 Å². The SMILES string of the molecule is COCCN/C=C(/C#N)C(=O)Nc1ccc(S(=O)(=O)O)cc1. The van der Waals surface area contributed by atoms with Crippen LogP contribution < -0.4 is 10.6 Å². The van der Waals surface area contributed by atoms with E-state index in [1.165, 1.54) is 25.4 Å². The third-order valence-corrected chi connectivity index (χ3v) is 3.34. The summed E-state index contributed by atoms with van der Waals surface area (Å²) in [4.78, 5) is 11.6. The van der Waals surface area contributed by atoms with E-state index in [0.29, 0.717) is 13.2 Å². The van der Waals surface area contributed by atoms with E-state index < -0.39 is 16.0 Å². The van der Waals surface area contributed by atoms with Crippen LogP contribution in [0, 0.1) is 11.3 Å². The van der Waals surface area contributed by atoms with Gasteiger partial charge in [-0.15, -0.1) is 0 Å². The van der Waals surface area contributed by atoms with Crippen molar-refractivity contribution in [3.05, 3.63) is 36.0 Å². The molecule has 0 bridgehead atoms. The number of anilines is 1. The van der Waals surface area contributed by atoms with Crippen LogP contribution in [-0.4, -0.2) is 39.1 Å². The monoisotopic (exact) mass is 325 g/mol. The quantitative estimate of drug-likeness (QED) is 0.288. The van der Waals surface area contributed by atoms with E-state index in [1.807, 2.05) is 0 Å². The van der Waals surface area contributed by atoms with Gasteiger partial charge in [-0.05, 0) is 24.3 Å². The number of amides is 1. The number of nitriles is 1. The lowest BCUT2D eigenvalue weighted by molar-refractivity contribution is -0.112. The summed E-state index contributed by atoms with van der Waals surface area (Å²) in [5.74, 6) is -0.646. The Labute approximate surface area is 128 Å². The van der Waals surface area contributed by atoms with Gasteiger partial charge in [0.25, 0.3) is 16.0 Å². The Kier molecular flexibility index (Phi) is 6.52. The number of hydrogen-bond donors (Lipinski definition) is 3. The minimum atomic E-state index is -4.28. The van der Waals surface area contributed by atoms with E-state index in [-0.39, 0.29) is 16.2 Å². The van der Waals surface area contributed by atoms with Crippen LogP contribution in [0.2, 0.25) is 0 Å². The molecule has 0 radical (unpaired) electrons. The number of ether oxygens (including phenoxy) is 1. The number of rotatable bonds is 7. The maximum Gasteiger partial charge on any atom is 0.294 e. The molecule has 0 aliphatic carbocycles. The molecular weight excluding hydrogens is 310 g/mol. The maximum atomic E-state index is 11.8. The smallest absolute Gasteiger partial charge is 0.294 e. The van der Waals surface area contributed by atoms with Gasteiger partial charge in [0.15, 0.2) is 0 Å². The first-order valence-corrected chi connectivity index (χ1v) is 7.54. The Balaban J connectivity index is 2.72. The summed E-state index contributed by atoms with van der Waals surface area (Å²) >= 11 is 0. The van der Waals surface area contributed by atoms with Crippen molar-refractivity contribution >= 4 is 21.7 Å². The molecule has 1 aromatic rings. The highest BCUT2D eigenvalue weighted by atomic mass is 32.2. The standard InChI is InChI=1S/C13H15N3O5S/c1-21-7-6-15-9-10(8-14)13(17)16-11-2-4-12(5-3-11)22(18,19)20/h2-5,9,15H,6-7H2,1H3,(H,16,17)(H,18,19,20)/b10-9-. The minimum Gasteiger partial charge on any atom is -0.387 e. The van der Waals surface area contributed by atoms with E-state index in [4.69, 9.17) is 14.6 Å². The predicted octanol–water partition coefficient (Wildman–Crippen LogP) is 0.515. The second-order valence-corrected chi connectivity index (χ2v) is 5.49. The van der Waals surface area contributed by atoms with Gasteiger partial charge in [-0.25, -0.2) is 0 Å². The highest BCUT2D eigenvalue weighted by molar-refractivity contribution is 7.85. The Morgan fingerprint density at radius 2 is 2.05 bits per heavy atom. The van der Waals surface area contributed by atoms with Gasteiger partial charge in [-0.1, -0.05) is 0 Å². The van der Waals surface area contributed by atoms with Crippen molar-refractivity contribution in [1.82, 2.24) is 5.32 Å². The molecule has 0 aliphatic rings. The summed E-state index contributed by atoms with van der Waals surface area (Å²) < 4.78 is 35.4. The molecule has 22 heavy (non-hydrogen) atoms. The Hall–Kier alpha value is -2.41. The summed E-state index contributed by atoms with van der Waals surface area (Å²) in [5, 5.41) is 14.1. The van der Waals surface area contributed by atoms with Gasteiger partial charge in [0.1, 0.15) is 11.6 Å². The van der Waals surface area contributed by atoms with Gasteiger partial charge in [-0.3, -0.25) is 9.35 Å². The maximum absolute atomic E-state index is 11.8. The zero-order chi connectivity index (χ0) is 16.6. The third-order valence-electron chi connectivity index (χ3n) is 2.47. The first-order valence-electron chi connectivity index (χ1n) is 6.10. The molecule has 0 aliphatic heterocycles. The van der Waals surface area contributed by atoms with Crippen molar-refractivity contribution in [3.8, 4) is 6.07 Å². The van der Waals surface area contributed by atoms with E-state index in [0.717, 1.165) is 12.1 Å². The lowest BCUT2D eigenvalue weighted by Gasteiger charge is -2.05. The number of hydrogen-bond acceptors (Lipinski definition) is 6. The zero-order valence-electron chi connectivity index (χ0n) is 11.7. The summed E-state index contributed by atoms with van der Waals surface area (Å²) in [7, 11) is -2.76. The molecule has 0 atom stereocenters. The molecule has 0 fully saturated rings. The van der Waals surface area contributed by atoms with Gasteiger partial charge in [-0.2, -0.15) is 13.7 Å². The molecule has 9 heteroatoms. The lowest BCUT2D eigenvalue weighted by atomic mass is 10.2. The Bertz CT molecular complexity index is 689. The molecule has 1 aromatic carbocycles. The average Bonchev–Trinajstić information content (AvgIpc) is 2.47. The van der Waals surface area contributed by atoms with Crippen LogP contribution >= 0.6 is 0 Å². The third kappa shape index (κ3) is 5.53. The van der Waals surface area contributed by atoms with Crippen molar-refractivity contribution in [2.45, 2.75) is 4.90 Å². The van der Waals surface area contributed by atoms with Crippen molar-refractivity contribution < 1.29 is 22.5 Å². The summed E-state index contributed by atoms with van der Waals surface area (Å²) in [6.07, 6.45) is 1.26. The fourth-order valence-electron chi connectivity index (χ4n) is 1.39. The molecule has 1 rings (SSSR count). The van der Waals surface area contributed by atoms with Crippen molar-refractivity contribution in [2.75, 3.05) is 25.6 Å². The number of nitrogens with one attached hydrogen (secondary N) is 2. The largest absolute Gasteiger partial charge is 0.387 e. The zero-order valence-corrected chi connectivity index (χ0v) is 12.6. The molecule has 3 N–H and O–H groups in total. The molecule has 0 spiro atoms. The van der Waals surface area contributed by atoms with Crippen LogP contribution in [0.4, 0.5) is 5.69 Å². The summed E-state index contributed by atoms with van der Waals surface area (Å²) in [5.41, 5.74) is 0.144. The summed E-state index contributed by atoms with van der Waals surface area (Å²) in [6, 6.07) is 6.62. The highest BCUT2D eigenvalue weighted by Gasteiger charge is 2.11. The lowest BCUT2D eigenvalue weighted by Crippen LogP contribution is -2.18. The van der Waals surface area contributed by atoms with Crippen molar-refractivity contribution in [3.63, 3.8) is 0 Å². The number of carbonyl (C=O) groups excluding carboxylic acids is 1. The number of benzene rings is 1. The van der Waals surface area contributed by atoms with Gasteiger partial charge in [0, 0.05) is 25.5 Å². The molecule has 0 unspecified atom stereocenters. The molecule has 0 heterocycles. The molecule has 0 saturated heterocycles. The van der Waals surface area contributed by atoms with Crippen LogP contribution in [0.15, 0.2) is 40.9 Å². The fraction of sp³-hybridized carbons (Fsp3) is 0.231. The van der Waals surface area contributed by atoms with Gasteiger partial charge in [0.05, 0.1) is 11.5 Å². The molecule has 0 aromatic heterocycles. The van der Waals surface area contributed by atoms with Crippen LogP contribution in [0.25, 0.3) is 0 Å². The highest BCUT2D eigenvalue weighted by Crippen LogP contribution is 2.14. The Morgan fingerprint density at radius 1 is 1.41 bits per heavy atom. The van der Waals surface area contributed by atoms with Gasteiger partial charge < -0.3 is 15.4 Å². The topological polar surface area (TPSA) is 129 Å². The fourth-order valence-corrected chi connectivity index (χ4v) is 1.87. The van der Waals surface area contributed by atoms with Crippen LogP contribution in [0.5, 0.6) is 0 Å². The number of carbonyl (C=O) groups is 1. The van der Waals surface area contributed by atoms with Gasteiger partial charge >= 0.3 is 0 Å². The molecule has 1 amide bonds. The molecular formula is C13H15N3O5S. The van der Waals surface area contributed by atoms with E-state index >= 15 is 0 Å².